The molecule has 1 aliphatic rings. The highest BCUT2D eigenvalue weighted by atomic mass is 35.5. The fraction of sp³-hybridized carbons (Fsp3) is 0.500. The van der Waals surface area contributed by atoms with Crippen LogP contribution < -0.4 is 21.9 Å². The number of rotatable bonds is 4. The van der Waals surface area contributed by atoms with Crippen LogP contribution in [0.1, 0.15) is 31.9 Å². The first kappa shape index (κ1) is 18.2. The van der Waals surface area contributed by atoms with E-state index in [9.17, 15) is 4.79 Å². The maximum atomic E-state index is 12.2. The molecule has 5 nitrogen and oxygen atoms in total. The Balaban J connectivity index is 0.00000220. The molecule has 0 radical (unpaired) electrons. The summed E-state index contributed by atoms with van der Waals surface area (Å²) in [6.07, 6.45) is 0.689. The van der Waals surface area contributed by atoms with Crippen molar-refractivity contribution in [3.05, 3.63) is 34.9 Å². The van der Waals surface area contributed by atoms with Crippen LogP contribution in [0.25, 0.3) is 0 Å². The van der Waals surface area contributed by atoms with Gasteiger partial charge in [-0.3, -0.25) is 4.79 Å². The number of nitrogens with two attached hydrogens (primary N) is 1. The van der Waals surface area contributed by atoms with Crippen LogP contribution in [0.4, 0.5) is 0 Å². The van der Waals surface area contributed by atoms with Gasteiger partial charge >= 0.3 is 0 Å². The average molecular weight is 333 g/mol. The summed E-state index contributed by atoms with van der Waals surface area (Å²) >= 11 is 5.87. The first-order chi connectivity index (χ1) is 9.41. The fourth-order valence-corrected chi connectivity index (χ4v) is 2.24. The van der Waals surface area contributed by atoms with Crippen molar-refractivity contribution in [3.8, 4) is 0 Å². The van der Waals surface area contributed by atoms with Gasteiger partial charge in [0.15, 0.2) is 0 Å². The molecule has 2 atom stereocenters. The SMILES string of the molecule is CC(C)(CN)NC(=O)C1CC(c2ccc(Cl)cc2)NN1.Cl. The van der Waals surface area contributed by atoms with Gasteiger partial charge in [0.25, 0.3) is 0 Å². The highest BCUT2D eigenvalue weighted by molar-refractivity contribution is 6.30. The van der Waals surface area contributed by atoms with Crippen LogP contribution >= 0.6 is 24.0 Å². The van der Waals surface area contributed by atoms with E-state index in [-0.39, 0.29) is 30.4 Å². The van der Waals surface area contributed by atoms with E-state index >= 15 is 0 Å². The molecule has 1 heterocycles. The van der Waals surface area contributed by atoms with Crippen molar-refractivity contribution in [1.82, 2.24) is 16.2 Å². The van der Waals surface area contributed by atoms with Crippen molar-refractivity contribution in [2.45, 2.75) is 37.9 Å². The number of carbonyl (C=O) groups is 1. The van der Waals surface area contributed by atoms with Gasteiger partial charge in [0.05, 0.1) is 0 Å². The van der Waals surface area contributed by atoms with E-state index < -0.39 is 5.54 Å². The first-order valence-electron chi connectivity index (χ1n) is 6.70. The lowest BCUT2D eigenvalue weighted by molar-refractivity contribution is -0.124. The molecule has 1 saturated heterocycles. The molecule has 21 heavy (non-hydrogen) atoms. The van der Waals surface area contributed by atoms with E-state index in [1.54, 1.807) is 0 Å². The zero-order chi connectivity index (χ0) is 14.8. The first-order valence-corrected chi connectivity index (χ1v) is 7.08. The standard InChI is InChI=1S/C14H21ClN4O.ClH/c1-14(2,8-16)17-13(20)12-7-11(18-19-12)9-3-5-10(15)6-4-9;/h3-6,11-12,18-19H,7-8,16H2,1-2H3,(H,17,20);1H. The largest absolute Gasteiger partial charge is 0.349 e. The van der Waals surface area contributed by atoms with Crippen molar-refractivity contribution in [3.63, 3.8) is 0 Å². The summed E-state index contributed by atoms with van der Waals surface area (Å²) in [7, 11) is 0. The molecule has 0 aliphatic carbocycles. The van der Waals surface area contributed by atoms with E-state index in [2.05, 4.69) is 16.2 Å². The molecule has 1 aromatic carbocycles. The highest BCUT2D eigenvalue weighted by Gasteiger charge is 2.32. The van der Waals surface area contributed by atoms with E-state index in [1.807, 2.05) is 38.1 Å². The average Bonchev–Trinajstić information content (AvgIpc) is 2.89. The Morgan fingerprint density at radius 2 is 2.00 bits per heavy atom. The molecule has 0 saturated carbocycles. The quantitative estimate of drug-likeness (QED) is 0.674. The van der Waals surface area contributed by atoms with E-state index in [0.29, 0.717) is 18.0 Å². The third-order valence-corrected chi connectivity index (χ3v) is 3.72. The molecule has 0 bridgehead atoms. The van der Waals surface area contributed by atoms with Crippen LogP contribution in [-0.4, -0.2) is 24.0 Å². The van der Waals surface area contributed by atoms with Crippen molar-refractivity contribution in [2.75, 3.05) is 6.54 Å². The van der Waals surface area contributed by atoms with Gasteiger partial charge in [0, 0.05) is 23.1 Å². The number of amides is 1. The Hall–Kier alpha value is -0.850. The summed E-state index contributed by atoms with van der Waals surface area (Å²) < 4.78 is 0. The van der Waals surface area contributed by atoms with Gasteiger partial charge in [0.2, 0.25) is 5.91 Å². The molecule has 7 heteroatoms. The molecule has 1 fully saturated rings. The molecule has 0 aromatic heterocycles. The Labute approximate surface area is 136 Å². The zero-order valence-corrected chi connectivity index (χ0v) is 13.7. The van der Waals surface area contributed by atoms with Crippen molar-refractivity contribution >= 4 is 29.9 Å². The monoisotopic (exact) mass is 332 g/mol. The van der Waals surface area contributed by atoms with Gasteiger partial charge in [-0.15, -0.1) is 12.4 Å². The predicted octanol–water partition coefficient (Wildman–Crippen LogP) is 1.52. The molecular formula is C14H22Cl2N4O. The molecule has 1 aromatic rings. The number of benzene rings is 1. The van der Waals surface area contributed by atoms with Gasteiger partial charge in [-0.2, -0.15) is 0 Å². The van der Waals surface area contributed by atoms with Crippen LogP contribution in [0.15, 0.2) is 24.3 Å². The Bertz CT molecular complexity index is 478. The molecule has 1 aliphatic heterocycles. The minimum atomic E-state index is -0.392. The molecule has 5 N–H and O–H groups in total. The smallest absolute Gasteiger partial charge is 0.239 e. The lowest BCUT2D eigenvalue weighted by Crippen LogP contribution is -2.54. The van der Waals surface area contributed by atoms with Gasteiger partial charge in [-0.1, -0.05) is 23.7 Å². The summed E-state index contributed by atoms with van der Waals surface area (Å²) in [5, 5.41) is 3.65. The topological polar surface area (TPSA) is 79.2 Å². The van der Waals surface area contributed by atoms with Gasteiger partial charge in [-0.25, -0.2) is 10.9 Å². The number of hydrogen-bond donors (Lipinski definition) is 4. The minimum Gasteiger partial charge on any atom is -0.349 e. The molecular weight excluding hydrogens is 311 g/mol. The number of hydrogen-bond acceptors (Lipinski definition) is 4. The van der Waals surface area contributed by atoms with Gasteiger partial charge < -0.3 is 11.1 Å². The lowest BCUT2D eigenvalue weighted by atomic mass is 10.0. The maximum Gasteiger partial charge on any atom is 0.239 e. The van der Waals surface area contributed by atoms with Crippen molar-refractivity contribution in [2.24, 2.45) is 5.73 Å². The van der Waals surface area contributed by atoms with E-state index in [1.165, 1.54) is 0 Å². The molecule has 0 spiro atoms. The van der Waals surface area contributed by atoms with E-state index in [4.69, 9.17) is 17.3 Å². The number of carbonyl (C=O) groups excluding carboxylic acids is 1. The second-order valence-corrected chi connectivity index (χ2v) is 6.19. The zero-order valence-electron chi connectivity index (χ0n) is 12.2. The summed E-state index contributed by atoms with van der Waals surface area (Å²) in [6.45, 7) is 4.22. The number of nitrogens with one attached hydrogen (secondary N) is 3. The maximum absolute atomic E-state index is 12.2. The fourth-order valence-electron chi connectivity index (χ4n) is 2.11. The minimum absolute atomic E-state index is 0. The van der Waals surface area contributed by atoms with Crippen LogP contribution in [0, 0.1) is 0 Å². The van der Waals surface area contributed by atoms with E-state index in [0.717, 1.165) is 5.56 Å². The molecule has 2 rings (SSSR count). The molecule has 1 amide bonds. The Kier molecular flexibility index (Phi) is 6.43. The molecule has 118 valence electrons. The van der Waals surface area contributed by atoms with Crippen LogP contribution in [0.3, 0.4) is 0 Å². The second-order valence-electron chi connectivity index (χ2n) is 5.76. The van der Waals surface area contributed by atoms with Crippen LogP contribution in [0.5, 0.6) is 0 Å². The predicted molar refractivity (Wildman–Crippen MR) is 87.4 cm³/mol. The summed E-state index contributed by atoms with van der Waals surface area (Å²) in [6, 6.07) is 7.47. The highest BCUT2D eigenvalue weighted by Crippen LogP contribution is 2.23. The second kappa shape index (κ2) is 7.42. The summed E-state index contributed by atoms with van der Waals surface area (Å²) in [5.74, 6) is -0.0376. The summed E-state index contributed by atoms with van der Waals surface area (Å²) in [4.78, 5) is 12.2. The van der Waals surface area contributed by atoms with Crippen molar-refractivity contribution < 1.29 is 4.79 Å². The third kappa shape index (κ3) is 4.83. The lowest BCUT2D eigenvalue weighted by Gasteiger charge is -2.25. The Morgan fingerprint density at radius 3 is 2.57 bits per heavy atom. The Morgan fingerprint density at radius 1 is 1.38 bits per heavy atom. The van der Waals surface area contributed by atoms with Gasteiger partial charge in [0.1, 0.15) is 6.04 Å². The number of hydrazine groups is 1. The number of halogens is 2. The van der Waals surface area contributed by atoms with Crippen LogP contribution in [-0.2, 0) is 4.79 Å². The normalized spacial score (nSPS) is 21.7. The summed E-state index contributed by atoms with van der Waals surface area (Å²) in [5.41, 5.74) is 12.5. The molecule has 2 unspecified atom stereocenters. The van der Waals surface area contributed by atoms with Gasteiger partial charge in [-0.05, 0) is 38.0 Å². The van der Waals surface area contributed by atoms with Crippen molar-refractivity contribution in [1.29, 1.82) is 0 Å². The third-order valence-electron chi connectivity index (χ3n) is 3.46. The van der Waals surface area contributed by atoms with Crippen LogP contribution in [0.2, 0.25) is 5.02 Å².